The Morgan fingerprint density at radius 2 is 1.89 bits per heavy atom. The Hall–Kier alpha value is -4.25. The third-order valence-electron chi connectivity index (χ3n) is 5.53. The third kappa shape index (κ3) is 4.33. The van der Waals surface area contributed by atoms with Crippen molar-refractivity contribution in [3.05, 3.63) is 94.7 Å². The van der Waals surface area contributed by atoms with Crippen molar-refractivity contribution in [1.29, 1.82) is 0 Å². The molecule has 0 fully saturated rings. The number of allylic oxidation sites excluding steroid dienone is 1. The van der Waals surface area contributed by atoms with Crippen LogP contribution in [0, 0.1) is 10.1 Å². The summed E-state index contributed by atoms with van der Waals surface area (Å²) in [5.41, 5.74) is 1.05. The fourth-order valence-corrected chi connectivity index (χ4v) is 4.96. The van der Waals surface area contributed by atoms with Gasteiger partial charge < -0.3 is 14.2 Å². The highest BCUT2D eigenvalue weighted by Gasteiger charge is 2.33. The maximum absolute atomic E-state index is 13.6. The first kappa shape index (κ1) is 23.9. The standard InChI is InChI=1S/C24H21N3O7S/c1-13-20(23(29)34-4)21(15-6-5-7-16(12-15)27(30)31)26-22(28)19(35-24(26)25-13)11-14-8-9-17(32-2)18(10-14)33-3/h5-12,21H,1-4H3/b19-11+. The SMILES string of the molecule is COC(=O)C1=C(C)N=c2s/c(=C/c3ccc(OC)c(OC)c3)c(=O)n2C1c1cccc([N+](=O)[O-])c1. The first-order chi connectivity index (χ1) is 16.8. The van der Waals surface area contributed by atoms with Crippen LogP contribution >= 0.6 is 11.3 Å². The second-order valence-electron chi connectivity index (χ2n) is 7.54. The van der Waals surface area contributed by atoms with Gasteiger partial charge in [-0.1, -0.05) is 29.5 Å². The first-order valence-corrected chi connectivity index (χ1v) is 11.2. The fourth-order valence-electron chi connectivity index (χ4n) is 3.91. The molecular weight excluding hydrogens is 474 g/mol. The zero-order valence-electron chi connectivity index (χ0n) is 19.3. The highest BCUT2D eigenvalue weighted by Crippen LogP contribution is 2.32. The molecule has 0 amide bonds. The summed E-state index contributed by atoms with van der Waals surface area (Å²) in [5.74, 6) is 0.388. The minimum atomic E-state index is -0.939. The number of ether oxygens (including phenoxy) is 3. The van der Waals surface area contributed by atoms with Crippen LogP contribution in [-0.2, 0) is 9.53 Å². The molecule has 11 heteroatoms. The van der Waals surface area contributed by atoms with Crippen molar-refractivity contribution in [3.63, 3.8) is 0 Å². The van der Waals surface area contributed by atoms with Crippen molar-refractivity contribution < 1.29 is 23.9 Å². The van der Waals surface area contributed by atoms with E-state index < -0.39 is 22.5 Å². The molecule has 3 aromatic rings. The van der Waals surface area contributed by atoms with Gasteiger partial charge in [-0.2, -0.15) is 0 Å². The van der Waals surface area contributed by atoms with Crippen LogP contribution in [-0.4, -0.2) is 36.8 Å². The number of nitrogens with zero attached hydrogens (tertiary/aromatic N) is 3. The lowest BCUT2D eigenvalue weighted by molar-refractivity contribution is -0.384. The number of carbonyl (C=O) groups is 1. The number of methoxy groups -OCH3 is 3. The van der Waals surface area contributed by atoms with Gasteiger partial charge in [0, 0.05) is 12.1 Å². The molecule has 0 saturated heterocycles. The van der Waals surface area contributed by atoms with Crippen molar-refractivity contribution in [2.75, 3.05) is 21.3 Å². The number of hydrogen-bond donors (Lipinski definition) is 0. The number of rotatable bonds is 6. The first-order valence-electron chi connectivity index (χ1n) is 10.4. The molecule has 1 aromatic heterocycles. The Bertz CT molecular complexity index is 1550. The fraction of sp³-hybridized carbons (Fsp3) is 0.208. The summed E-state index contributed by atoms with van der Waals surface area (Å²) in [4.78, 5) is 42.0. The zero-order chi connectivity index (χ0) is 25.3. The van der Waals surface area contributed by atoms with Crippen molar-refractivity contribution >= 4 is 29.1 Å². The molecule has 0 spiro atoms. The van der Waals surface area contributed by atoms with Gasteiger partial charge >= 0.3 is 5.97 Å². The molecule has 1 atom stereocenters. The van der Waals surface area contributed by atoms with Crippen LogP contribution in [0.1, 0.15) is 24.1 Å². The lowest BCUT2D eigenvalue weighted by Gasteiger charge is -2.24. The quantitative estimate of drug-likeness (QED) is 0.292. The van der Waals surface area contributed by atoms with E-state index in [1.54, 1.807) is 37.3 Å². The van der Waals surface area contributed by atoms with Crippen molar-refractivity contribution in [2.45, 2.75) is 13.0 Å². The van der Waals surface area contributed by atoms with Crippen LogP contribution in [0.5, 0.6) is 11.5 Å². The number of hydrogen-bond acceptors (Lipinski definition) is 9. The predicted octanol–water partition coefficient (Wildman–Crippen LogP) is 2.33. The van der Waals surface area contributed by atoms with Gasteiger partial charge in [0.1, 0.15) is 0 Å². The molecule has 1 aliphatic heterocycles. The number of non-ortho nitro benzene ring substituents is 1. The van der Waals surface area contributed by atoms with Gasteiger partial charge in [-0.3, -0.25) is 19.5 Å². The molecule has 0 aliphatic carbocycles. The van der Waals surface area contributed by atoms with E-state index in [1.165, 1.54) is 44.1 Å². The predicted molar refractivity (Wildman–Crippen MR) is 128 cm³/mol. The second-order valence-corrected chi connectivity index (χ2v) is 8.55. The number of aromatic nitrogens is 1. The summed E-state index contributed by atoms with van der Waals surface area (Å²) in [6.45, 7) is 1.64. The number of nitro groups is 1. The molecule has 1 aliphatic rings. The highest BCUT2D eigenvalue weighted by molar-refractivity contribution is 7.07. The number of carbonyl (C=O) groups excluding carboxylic acids is 1. The summed E-state index contributed by atoms with van der Waals surface area (Å²) in [6, 6.07) is 10.1. The van der Waals surface area contributed by atoms with Crippen LogP contribution < -0.4 is 24.4 Å². The summed E-state index contributed by atoms with van der Waals surface area (Å²) in [7, 11) is 4.28. The van der Waals surface area contributed by atoms with E-state index in [0.29, 0.717) is 37.7 Å². The van der Waals surface area contributed by atoms with Gasteiger partial charge in [-0.05, 0) is 36.3 Å². The van der Waals surface area contributed by atoms with E-state index in [0.717, 1.165) is 11.3 Å². The molecule has 2 aromatic carbocycles. The van der Waals surface area contributed by atoms with Gasteiger partial charge in [0.05, 0.1) is 48.1 Å². The third-order valence-corrected chi connectivity index (χ3v) is 6.51. The maximum Gasteiger partial charge on any atom is 0.338 e. The number of fused-ring (bicyclic) bond motifs is 1. The Morgan fingerprint density at radius 3 is 2.54 bits per heavy atom. The largest absolute Gasteiger partial charge is 0.493 e. The maximum atomic E-state index is 13.6. The van der Waals surface area contributed by atoms with Gasteiger partial charge in [0.25, 0.3) is 11.2 Å². The van der Waals surface area contributed by atoms with E-state index in [-0.39, 0.29) is 11.3 Å². The van der Waals surface area contributed by atoms with Crippen molar-refractivity contribution in [2.24, 2.45) is 4.99 Å². The van der Waals surface area contributed by atoms with Crippen LogP contribution in [0.3, 0.4) is 0 Å². The van der Waals surface area contributed by atoms with Gasteiger partial charge in [-0.15, -0.1) is 0 Å². The van der Waals surface area contributed by atoms with E-state index in [1.807, 2.05) is 0 Å². The Labute approximate surface area is 203 Å². The average molecular weight is 496 g/mol. The molecule has 180 valence electrons. The van der Waals surface area contributed by atoms with Crippen LogP contribution in [0.15, 0.2) is 63.5 Å². The lowest BCUT2D eigenvalue weighted by atomic mass is 9.95. The second kappa shape index (κ2) is 9.55. The summed E-state index contributed by atoms with van der Waals surface area (Å²) in [6.07, 6.45) is 1.69. The minimum Gasteiger partial charge on any atom is -0.493 e. The minimum absolute atomic E-state index is 0.137. The van der Waals surface area contributed by atoms with Crippen LogP contribution in [0.2, 0.25) is 0 Å². The van der Waals surface area contributed by atoms with Crippen molar-refractivity contribution in [3.8, 4) is 11.5 Å². The normalized spacial score (nSPS) is 15.3. The molecule has 1 unspecified atom stereocenters. The summed E-state index contributed by atoms with van der Waals surface area (Å²) >= 11 is 1.15. The van der Waals surface area contributed by atoms with Gasteiger partial charge in [-0.25, -0.2) is 9.79 Å². The Kier molecular flexibility index (Phi) is 6.52. The molecule has 2 heterocycles. The number of benzene rings is 2. The van der Waals surface area contributed by atoms with Crippen molar-refractivity contribution in [1.82, 2.24) is 4.57 Å². The van der Waals surface area contributed by atoms with E-state index in [2.05, 4.69) is 4.99 Å². The van der Waals surface area contributed by atoms with Gasteiger partial charge in [0.2, 0.25) is 0 Å². The van der Waals surface area contributed by atoms with Crippen LogP contribution in [0.25, 0.3) is 6.08 Å². The lowest BCUT2D eigenvalue weighted by Crippen LogP contribution is -2.39. The molecule has 4 rings (SSSR count). The summed E-state index contributed by atoms with van der Waals surface area (Å²) in [5, 5.41) is 11.4. The monoisotopic (exact) mass is 495 g/mol. The topological polar surface area (TPSA) is 122 Å². The average Bonchev–Trinajstić information content (AvgIpc) is 3.16. The number of esters is 1. The summed E-state index contributed by atoms with van der Waals surface area (Å²) < 4.78 is 17.3. The van der Waals surface area contributed by atoms with Gasteiger partial charge in [0.15, 0.2) is 16.3 Å². The zero-order valence-corrected chi connectivity index (χ0v) is 20.1. The van der Waals surface area contributed by atoms with E-state index >= 15 is 0 Å². The molecule has 0 bridgehead atoms. The number of thiazole rings is 1. The Morgan fingerprint density at radius 1 is 1.14 bits per heavy atom. The number of nitro benzene ring substituents is 1. The van der Waals surface area contributed by atoms with Crippen LogP contribution in [0.4, 0.5) is 5.69 Å². The molecular formula is C24H21N3O7S. The molecule has 0 saturated carbocycles. The van der Waals surface area contributed by atoms with E-state index in [4.69, 9.17) is 14.2 Å². The molecule has 0 N–H and O–H groups in total. The molecule has 0 radical (unpaired) electrons. The molecule has 10 nitrogen and oxygen atoms in total. The smallest absolute Gasteiger partial charge is 0.338 e. The molecule has 35 heavy (non-hydrogen) atoms. The Balaban J connectivity index is 1.96. The van der Waals surface area contributed by atoms with E-state index in [9.17, 15) is 19.7 Å². The highest BCUT2D eigenvalue weighted by atomic mass is 32.1.